The van der Waals surface area contributed by atoms with Crippen molar-refractivity contribution in [3.63, 3.8) is 0 Å². The zero-order valence-corrected chi connectivity index (χ0v) is 24.2. The molecule has 0 saturated carbocycles. The van der Waals surface area contributed by atoms with E-state index in [-0.39, 0.29) is 11.7 Å². The number of benzene rings is 2. The smallest absolute Gasteiger partial charge is 0.256 e. The van der Waals surface area contributed by atoms with Crippen LogP contribution < -0.4 is 5.32 Å². The number of anilines is 1. The van der Waals surface area contributed by atoms with E-state index in [1.165, 1.54) is 0 Å². The van der Waals surface area contributed by atoms with Crippen molar-refractivity contribution in [3.05, 3.63) is 79.7 Å². The van der Waals surface area contributed by atoms with Gasteiger partial charge in [-0.2, -0.15) is 0 Å². The molecule has 3 aromatic rings. The monoisotopic (exact) mass is 630 g/mol. The van der Waals surface area contributed by atoms with Crippen molar-refractivity contribution in [2.45, 2.75) is 24.5 Å². The molecule has 2 N–H and O–H groups in total. The number of likely N-dealkylation sites (N-methyl/N-ethyl adjacent to an activating group) is 1. The molecule has 0 unspecified atom stereocenters. The van der Waals surface area contributed by atoms with Gasteiger partial charge in [0.25, 0.3) is 5.91 Å². The predicted molar refractivity (Wildman–Crippen MR) is 157 cm³/mol. The number of carbonyl (C=O) groups excluding carboxylic acids is 1. The van der Waals surface area contributed by atoms with Gasteiger partial charge in [-0.25, -0.2) is 8.42 Å². The lowest BCUT2D eigenvalue weighted by Crippen LogP contribution is -2.47. The zero-order chi connectivity index (χ0) is 26.3. The highest BCUT2D eigenvalue weighted by molar-refractivity contribution is 14.1. The Morgan fingerprint density at radius 1 is 1.08 bits per heavy atom. The number of carbonyl (C=O) groups is 1. The molecular formula is C28H31IN4O3S. The van der Waals surface area contributed by atoms with E-state index in [4.69, 9.17) is 0 Å². The highest BCUT2D eigenvalue weighted by atomic mass is 127. The van der Waals surface area contributed by atoms with Gasteiger partial charge in [0, 0.05) is 58.9 Å². The molecule has 3 heterocycles. The standard InChI is InChI=1S/C28H31IN4O3S/c1-18-26(31-19(2)27(18)28(34)33-12-10-32(3)11-13-33)14-21-16-30-25-9-8-22(15-23(21)25)37(35,36)17-20-6-4-5-7-24(20)29/h4-9,14-15,30-31H,10-13,16-17H2,1-3H3/b21-14+. The third-order valence-corrected chi connectivity index (χ3v) is 9.98. The van der Waals surface area contributed by atoms with Gasteiger partial charge in [0.05, 0.1) is 16.2 Å². The topological polar surface area (TPSA) is 85.5 Å². The number of halogens is 1. The van der Waals surface area contributed by atoms with Crippen LogP contribution in [0.4, 0.5) is 5.69 Å². The molecule has 0 radical (unpaired) electrons. The van der Waals surface area contributed by atoms with Crippen LogP contribution in [-0.4, -0.2) is 68.9 Å². The fourth-order valence-electron chi connectivity index (χ4n) is 5.04. The second kappa shape index (κ2) is 10.3. The van der Waals surface area contributed by atoms with Crippen molar-refractivity contribution in [3.8, 4) is 0 Å². The quantitative estimate of drug-likeness (QED) is 0.404. The van der Waals surface area contributed by atoms with Gasteiger partial charge in [0.15, 0.2) is 9.84 Å². The summed E-state index contributed by atoms with van der Waals surface area (Å²) in [7, 11) is -1.44. The minimum Gasteiger partial charge on any atom is -0.380 e. The van der Waals surface area contributed by atoms with Gasteiger partial charge in [0.2, 0.25) is 0 Å². The molecule has 2 aromatic carbocycles. The molecule has 0 bridgehead atoms. The first-order chi connectivity index (χ1) is 17.6. The molecule has 9 heteroatoms. The molecule has 2 aliphatic heterocycles. The maximum Gasteiger partial charge on any atom is 0.256 e. The molecular weight excluding hydrogens is 599 g/mol. The summed E-state index contributed by atoms with van der Waals surface area (Å²) in [4.78, 5) is 21.2. The molecule has 2 aliphatic rings. The van der Waals surface area contributed by atoms with Gasteiger partial charge in [-0.05, 0) is 90.5 Å². The van der Waals surface area contributed by atoms with Gasteiger partial charge < -0.3 is 20.1 Å². The van der Waals surface area contributed by atoms with Crippen molar-refractivity contribution in [1.29, 1.82) is 0 Å². The lowest BCUT2D eigenvalue weighted by atomic mass is 10.0. The average molecular weight is 631 g/mol. The van der Waals surface area contributed by atoms with Gasteiger partial charge in [-0.3, -0.25) is 4.79 Å². The molecule has 37 heavy (non-hydrogen) atoms. The van der Waals surface area contributed by atoms with E-state index < -0.39 is 9.84 Å². The molecule has 1 amide bonds. The number of rotatable bonds is 5. The fraction of sp³-hybridized carbons (Fsp3) is 0.321. The Bertz CT molecular complexity index is 1500. The highest BCUT2D eigenvalue weighted by Crippen LogP contribution is 2.35. The third-order valence-electron chi connectivity index (χ3n) is 7.27. The zero-order valence-electron chi connectivity index (χ0n) is 21.3. The number of aryl methyl sites for hydroxylation is 1. The molecule has 1 aromatic heterocycles. The minimum atomic E-state index is -3.51. The molecule has 5 rings (SSSR count). The number of nitrogens with one attached hydrogen (secondary N) is 2. The second-order valence-electron chi connectivity index (χ2n) is 9.84. The Balaban J connectivity index is 1.44. The lowest BCUT2D eigenvalue weighted by Gasteiger charge is -2.32. The Morgan fingerprint density at radius 2 is 1.81 bits per heavy atom. The second-order valence-corrected chi connectivity index (χ2v) is 13.0. The van der Waals surface area contributed by atoms with Gasteiger partial charge in [-0.15, -0.1) is 0 Å². The Labute approximate surface area is 232 Å². The van der Waals surface area contributed by atoms with E-state index in [1.807, 2.05) is 55.2 Å². The van der Waals surface area contributed by atoms with E-state index in [0.717, 1.165) is 74.7 Å². The van der Waals surface area contributed by atoms with Crippen LogP contribution in [0.3, 0.4) is 0 Å². The highest BCUT2D eigenvalue weighted by Gasteiger charge is 2.26. The van der Waals surface area contributed by atoms with Gasteiger partial charge in [0.1, 0.15) is 0 Å². The molecule has 1 saturated heterocycles. The fourth-order valence-corrected chi connectivity index (χ4v) is 7.27. The first-order valence-corrected chi connectivity index (χ1v) is 15.1. The average Bonchev–Trinajstić information content (AvgIpc) is 3.40. The first kappa shape index (κ1) is 26.0. The Hall–Kier alpha value is -2.63. The van der Waals surface area contributed by atoms with Crippen LogP contribution in [0.25, 0.3) is 11.6 Å². The van der Waals surface area contributed by atoms with Crippen LogP contribution in [0.2, 0.25) is 0 Å². The van der Waals surface area contributed by atoms with E-state index in [1.54, 1.807) is 12.1 Å². The third kappa shape index (κ3) is 5.21. The molecule has 0 aliphatic carbocycles. The first-order valence-electron chi connectivity index (χ1n) is 12.4. The summed E-state index contributed by atoms with van der Waals surface area (Å²) in [5.74, 6) is 0.0298. The number of fused-ring (bicyclic) bond motifs is 1. The van der Waals surface area contributed by atoms with Crippen LogP contribution in [0.15, 0.2) is 47.4 Å². The van der Waals surface area contributed by atoms with Crippen molar-refractivity contribution < 1.29 is 13.2 Å². The van der Waals surface area contributed by atoms with Crippen LogP contribution >= 0.6 is 22.6 Å². The van der Waals surface area contributed by atoms with Crippen LogP contribution in [0.5, 0.6) is 0 Å². The number of aromatic nitrogens is 1. The number of sulfone groups is 1. The number of piperazine rings is 1. The van der Waals surface area contributed by atoms with E-state index >= 15 is 0 Å². The van der Waals surface area contributed by atoms with Crippen LogP contribution in [0.1, 0.15) is 38.4 Å². The van der Waals surface area contributed by atoms with Crippen molar-refractivity contribution in [2.75, 3.05) is 45.1 Å². The van der Waals surface area contributed by atoms with Crippen LogP contribution in [-0.2, 0) is 15.6 Å². The lowest BCUT2D eigenvalue weighted by molar-refractivity contribution is 0.0663. The summed E-state index contributed by atoms with van der Waals surface area (Å²) >= 11 is 2.18. The normalized spacial score (nSPS) is 17.2. The van der Waals surface area contributed by atoms with Crippen LogP contribution in [0, 0.1) is 17.4 Å². The van der Waals surface area contributed by atoms with Gasteiger partial charge in [-0.1, -0.05) is 18.2 Å². The van der Waals surface area contributed by atoms with E-state index in [9.17, 15) is 13.2 Å². The number of H-pyrrole nitrogens is 1. The maximum absolute atomic E-state index is 13.3. The summed E-state index contributed by atoms with van der Waals surface area (Å²) < 4.78 is 27.5. The van der Waals surface area contributed by atoms with Gasteiger partial charge >= 0.3 is 0 Å². The SMILES string of the molecule is Cc1[nH]c(/C=C2\CNc3ccc(S(=O)(=O)Cc4ccccc4I)cc32)c(C)c1C(=O)N1CCN(C)CC1. The molecule has 0 atom stereocenters. The molecule has 7 nitrogen and oxygen atoms in total. The summed E-state index contributed by atoms with van der Waals surface area (Å²) in [6.45, 7) is 7.72. The molecule has 194 valence electrons. The number of aromatic amines is 1. The molecule has 0 spiro atoms. The number of hydrogen-bond acceptors (Lipinski definition) is 5. The summed E-state index contributed by atoms with van der Waals surface area (Å²) in [5.41, 5.74) is 6.97. The van der Waals surface area contributed by atoms with Crippen molar-refractivity contribution in [1.82, 2.24) is 14.8 Å². The minimum absolute atomic E-state index is 0.0376. The number of hydrogen-bond donors (Lipinski definition) is 2. The number of amides is 1. The summed E-state index contributed by atoms with van der Waals surface area (Å²) in [5, 5.41) is 3.37. The summed E-state index contributed by atoms with van der Waals surface area (Å²) in [6, 6.07) is 12.8. The predicted octanol–water partition coefficient (Wildman–Crippen LogP) is 4.56. The Morgan fingerprint density at radius 3 is 2.54 bits per heavy atom. The van der Waals surface area contributed by atoms with Crippen molar-refractivity contribution >= 4 is 55.7 Å². The maximum atomic E-state index is 13.3. The Kier molecular flexibility index (Phi) is 7.21. The summed E-state index contributed by atoms with van der Waals surface area (Å²) in [6.07, 6.45) is 2.04. The largest absolute Gasteiger partial charge is 0.380 e. The molecule has 1 fully saturated rings. The number of nitrogens with zero attached hydrogens (tertiary/aromatic N) is 2. The van der Waals surface area contributed by atoms with Crippen molar-refractivity contribution in [2.24, 2.45) is 0 Å². The van der Waals surface area contributed by atoms with E-state index in [0.29, 0.717) is 11.4 Å². The van der Waals surface area contributed by atoms with E-state index in [2.05, 4.69) is 44.8 Å².